The molecule has 0 saturated heterocycles. The highest BCUT2D eigenvalue weighted by Crippen LogP contribution is 2.47. The number of fused-ring (bicyclic) bond motifs is 3. The second kappa shape index (κ2) is 5.48. The van der Waals surface area contributed by atoms with Crippen molar-refractivity contribution in [3.63, 3.8) is 0 Å². The Morgan fingerprint density at radius 1 is 1.30 bits per heavy atom. The average Bonchev–Trinajstić information content (AvgIpc) is 3.13. The molecular formula is C20H26N2O. The van der Waals surface area contributed by atoms with Gasteiger partial charge in [0.1, 0.15) is 0 Å². The first-order valence-electron chi connectivity index (χ1n) is 8.88. The van der Waals surface area contributed by atoms with Crippen molar-refractivity contribution in [3.8, 4) is 11.3 Å². The number of nitrogens with zero attached hydrogens (tertiary/aromatic N) is 2. The van der Waals surface area contributed by atoms with Gasteiger partial charge in [0.25, 0.3) is 0 Å². The van der Waals surface area contributed by atoms with E-state index in [1.807, 2.05) is 12.5 Å². The fraction of sp³-hybridized carbons (Fsp3) is 0.550. The first-order valence-corrected chi connectivity index (χ1v) is 8.88. The van der Waals surface area contributed by atoms with Crippen molar-refractivity contribution in [2.24, 2.45) is 11.3 Å². The van der Waals surface area contributed by atoms with Crippen LogP contribution in [0.5, 0.6) is 0 Å². The number of hydrogen-bond donors (Lipinski definition) is 1. The van der Waals surface area contributed by atoms with E-state index in [1.165, 1.54) is 29.7 Å². The van der Waals surface area contributed by atoms with Gasteiger partial charge in [0, 0.05) is 5.56 Å². The molecule has 0 radical (unpaired) electrons. The Bertz CT molecular complexity index is 697. The number of imidazole rings is 1. The van der Waals surface area contributed by atoms with Gasteiger partial charge in [-0.25, -0.2) is 4.98 Å². The van der Waals surface area contributed by atoms with E-state index < -0.39 is 0 Å². The van der Waals surface area contributed by atoms with Gasteiger partial charge in [-0.2, -0.15) is 0 Å². The van der Waals surface area contributed by atoms with Crippen molar-refractivity contribution in [1.29, 1.82) is 0 Å². The first-order chi connectivity index (χ1) is 11.1. The molecule has 2 unspecified atom stereocenters. The van der Waals surface area contributed by atoms with Crippen LogP contribution in [0.25, 0.3) is 11.3 Å². The van der Waals surface area contributed by atoms with Crippen molar-refractivity contribution in [2.45, 2.75) is 58.1 Å². The SMILES string of the molecule is CC1CCC(C)(C(O)CC2c3ccccc3-c3cncn32)CC1. The van der Waals surface area contributed by atoms with Crippen LogP contribution in [0.15, 0.2) is 36.8 Å². The van der Waals surface area contributed by atoms with Crippen molar-refractivity contribution < 1.29 is 5.11 Å². The van der Waals surface area contributed by atoms with Crippen molar-refractivity contribution in [3.05, 3.63) is 42.4 Å². The summed E-state index contributed by atoms with van der Waals surface area (Å²) >= 11 is 0. The standard InChI is InChI=1S/C20H26N2O/c1-14-7-9-20(2,10-8-14)19(23)11-17-15-5-3-4-6-16(15)18-12-21-13-22(17)18/h3-6,12-14,17,19,23H,7-11H2,1-2H3. The molecule has 1 aromatic heterocycles. The zero-order valence-electron chi connectivity index (χ0n) is 14.1. The van der Waals surface area contributed by atoms with Crippen LogP contribution in [-0.2, 0) is 0 Å². The Kier molecular flexibility index (Phi) is 3.56. The van der Waals surface area contributed by atoms with Gasteiger partial charge in [0.15, 0.2) is 0 Å². The predicted molar refractivity (Wildman–Crippen MR) is 92.2 cm³/mol. The maximum Gasteiger partial charge on any atom is 0.0956 e. The lowest BCUT2D eigenvalue weighted by Gasteiger charge is -2.41. The van der Waals surface area contributed by atoms with Crippen LogP contribution in [0.4, 0.5) is 0 Å². The highest BCUT2D eigenvalue weighted by atomic mass is 16.3. The number of rotatable bonds is 3. The third-order valence-electron chi connectivity index (χ3n) is 6.27. The van der Waals surface area contributed by atoms with E-state index in [9.17, 15) is 5.11 Å². The quantitative estimate of drug-likeness (QED) is 0.911. The topological polar surface area (TPSA) is 38.1 Å². The number of aliphatic hydroxyl groups is 1. The second-order valence-corrected chi connectivity index (χ2v) is 7.88. The summed E-state index contributed by atoms with van der Waals surface area (Å²) in [5.74, 6) is 0.808. The third kappa shape index (κ3) is 2.42. The summed E-state index contributed by atoms with van der Waals surface area (Å²) in [6.45, 7) is 4.61. The van der Waals surface area contributed by atoms with Crippen molar-refractivity contribution in [2.75, 3.05) is 0 Å². The number of aliphatic hydroxyl groups excluding tert-OH is 1. The van der Waals surface area contributed by atoms with Gasteiger partial charge >= 0.3 is 0 Å². The van der Waals surface area contributed by atoms with E-state index >= 15 is 0 Å². The summed E-state index contributed by atoms with van der Waals surface area (Å²) < 4.78 is 2.24. The maximum atomic E-state index is 11.0. The predicted octanol–water partition coefficient (Wildman–Crippen LogP) is 4.42. The van der Waals surface area contributed by atoms with E-state index in [1.54, 1.807) is 0 Å². The van der Waals surface area contributed by atoms with Gasteiger partial charge in [0.2, 0.25) is 0 Å². The summed E-state index contributed by atoms with van der Waals surface area (Å²) in [7, 11) is 0. The van der Waals surface area contributed by atoms with Crippen LogP contribution in [0.3, 0.4) is 0 Å². The zero-order valence-corrected chi connectivity index (χ0v) is 14.1. The summed E-state index contributed by atoms with van der Waals surface area (Å²) in [5.41, 5.74) is 3.84. The van der Waals surface area contributed by atoms with Gasteiger partial charge < -0.3 is 9.67 Å². The van der Waals surface area contributed by atoms with Gasteiger partial charge in [0.05, 0.1) is 30.4 Å². The van der Waals surface area contributed by atoms with E-state index in [4.69, 9.17) is 0 Å². The number of hydrogen-bond acceptors (Lipinski definition) is 2. The average molecular weight is 310 g/mol. The molecule has 4 rings (SSSR count). The van der Waals surface area contributed by atoms with Crippen LogP contribution in [0, 0.1) is 11.3 Å². The molecule has 122 valence electrons. The lowest BCUT2D eigenvalue weighted by atomic mass is 9.67. The van der Waals surface area contributed by atoms with Gasteiger partial charge in [-0.05, 0) is 36.2 Å². The van der Waals surface area contributed by atoms with Gasteiger partial charge in [-0.3, -0.25) is 0 Å². The van der Waals surface area contributed by atoms with E-state index in [0.717, 1.165) is 25.2 Å². The smallest absolute Gasteiger partial charge is 0.0956 e. The molecule has 0 spiro atoms. The summed E-state index contributed by atoms with van der Waals surface area (Å²) in [6, 6.07) is 8.76. The molecule has 2 atom stereocenters. The van der Waals surface area contributed by atoms with Crippen LogP contribution < -0.4 is 0 Å². The molecule has 0 bridgehead atoms. The molecule has 1 fully saturated rings. The zero-order chi connectivity index (χ0) is 16.0. The molecule has 0 amide bonds. The minimum absolute atomic E-state index is 0.0603. The molecule has 3 heteroatoms. The van der Waals surface area contributed by atoms with Crippen molar-refractivity contribution in [1.82, 2.24) is 9.55 Å². The number of benzene rings is 1. The van der Waals surface area contributed by atoms with Crippen LogP contribution in [0.2, 0.25) is 0 Å². The Morgan fingerprint density at radius 2 is 2.04 bits per heavy atom. The monoisotopic (exact) mass is 310 g/mol. The molecule has 1 aliphatic carbocycles. The normalized spacial score (nSPS) is 30.7. The van der Waals surface area contributed by atoms with Crippen LogP contribution in [-0.4, -0.2) is 20.8 Å². The highest BCUT2D eigenvalue weighted by Gasteiger charge is 2.39. The highest BCUT2D eigenvalue weighted by molar-refractivity contribution is 5.68. The van der Waals surface area contributed by atoms with E-state index in [2.05, 4.69) is 47.7 Å². The summed E-state index contributed by atoms with van der Waals surface area (Å²) in [5, 5.41) is 11.0. The molecule has 2 aromatic rings. The van der Waals surface area contributed by atoms with E-state index in [-0.39, 0.29) is 17.6 Å². The Morgan fingerprint density at radius 3 is 2.83 bits per heavy atom. The van der Waals surface area contributed by atoms with Crippen LogP contribution in [0.1, 0.15) is 57.6 Å². The first kappa shape index (κ1) is 14.9. The molecule has 1 N–H and O–H groups in total. The molecule has 23 heavy (non-hydrogen) atoms. The fourth-order valence-electron chi connectivity index (χ4n) is 4.42. The van der Waals surface area contributed by atoms with Gasteiger partial charge in [-0.15, -0.1) is 0 Å². The van der Waals surface area contributed by atoms with Gasteiger partial charge in [-0.1, -0.05) is 51.0 Å². The van der Waals surface area contributed by atoms with Crippen LogP contribution >= 0.6 is 0 Å². The minimum atomic E-state index is -0.263. The lowest BCUT2D eigenvalue weighted by molar-refractivity contribution is -0.00982. The Labute approximate surface area is 138 Å². The molecule has 1 aromatic carbocycles. The van der Waals surface area contributed by atoms with E-state index in [0.29, 0.717) is 0 Å². The number of aromatic nitrogens is 2. The molecule has 2 aliphatic rings. The third-order valence-corrected chi connectivity index (χ3v) is 6.27. The lowest BCUT2D eigenvalue weighted by Crippen LogP contribution is -2.37. The Balaban J connectivity index is 1.60. The molecule has 1 saturated carbocycles. The molecule has 1 aliphatic heterocycles. The van der Waals surface area contributed by atoms with Crippen molar-refractivity contribution >= 4 is 0 Å². The largest absolute Gasteiger partial charge is 0.392 e. The maximum absolute atomic E-state index is 11.0. The molecular weight excluding hydrogens is 284 g/mol. The minimum Gasteiger partial charge on any atom is -0.392 e. The fourth-order valence-corrected chi connectivity index (χ4v) is 4.42. The summed E-state index contributed by atoms with van der Waals surface area (Å²) in [6.07, 6.45) is 9.14. The molecule has 2 heterocycles. The summed E-state index contributed by atoms with van der Waals surface area (Å²) in [4.78, 5) is 4.32. The Hall–Kier alpha value is -1.61. The second-order valence-electron chi connectivity index (χ2n) is 7.88. The molecule has 3 nitrogen and oxygen atoms in total.